The molecule has 2 aromatic heterocycles. The number of hydrogen-bond acceptors (Lipinski definition) is 25. The van der Waals surface area contributed by atoms with E-state index in [-0.39, 0.29) is 95.3 Å². The first-order chi connectivity index (χ1) is 61.9. The number of ketones is 2. The number of carbonyl (C=O) groups excluding carboxylic acids is 4. The third-order valence-electron chi connectivity index (χ3n) is 22.3. The number of Topliss-reactive ketones (excluding diaryl/α,β-unsaturated/α-hetero) is 2. The zero-order valence-corrected chi connectivity index (χ0v) is 75.9. The Balaban J connectivity index is 0.000000318. The van der Waals surface area contributed by atoms with Gasteiger partial charge in [0.1, 0.15) is 60.5 Å². The van der Waals surface area contributed by atoms with Gasteiger partial charge in [-0.3, -0.25) is 28.8 Å². The van der Waals surface area contributed by atoms with Gasteiger partial charge in [0, 0.05) is 104 Å². The summed E-state index contributed by atoms with van der Waals surface area (Å²) in [5.41, 5.74) is 10.9. The molecule has 4 bridgehead atoms. The van der Waals surface area contributed by atoms with Crippen molar-refractivity contribution in [2.24, 2.45) is 28.4 Å². The molecular formula is C94H121BeBrN10O23S. The van der Waals surface area contributed by atoms with Gasteiger partial charge in [-0.2, -0.15) is 46.2 Å². The van der Waals surface area contributed by atoms with Crippen LogP contribution < -0.4 is 61.4 Å². The van der Waals surface area contributed by atoms with Crippen molar-refractivity contribution in [1.29, 1.82) is 0 Å². The maximum atomic E-state index is 14.9. The number of nitrogens with zero attached hydrogens (tertiary/aromatic N) is 5. The Hall–Kier alpha value is -10.8. The van der Waals surface area contributed by atoms with Crippen LogP contribution in [-0.4, -0.2) is 210 Å². The molecule has 4 heterocycles. The number of carboxylic acid groups (broad SMARTS) is 2. The van der Waals surface area contributed by atoms with Gasteiger partial charge in [0.25, 0.3) is 21.3 Å². The van der Waals surface area contributed by atoms with E-state index in [0.29, 0.717) is 34.5 Å². The Kier molecular flexibility index (Phi) is 43.0. The number of carboxylic acids is 2. The molecule has 15 N–H and O–H groups in total. The summed E-state index contributed by atoms with van der Waals surface area (Å²) >= 11 is 3.23. The number of nitrogens with two attached hydrogens (primary N) is 3. The number of aliphatic carboxylic acids is 1. The van der Waals surface area contributed by atoms with Crippen molar-refractivity contribution in [2.45, 2.75) is 216 Å². The molecule has 5 fully saturated rings. The summed E-state index contributed by atoms with van der Waals surface area (Å²) in [5.74, 6) is -7.10. The summed E-state index contributed by atoms with van der Waals surface area (Å²) in [6.07, 6.45) is 25.1. The van der Waals surface area contributed by atoms with E-state index in [2.05, 4.69) is 37.5 Å². The van der Waals surface area contributed by atoms with Gasteiger partial charge in [0.2, 0.25) is 11.8 Å². The van der Waals surface area contributed by atoms with Gasteiger partial charge in [-0.25, -0.2) is 19.5 Å². The number of carbonyl (C=O) groups is 6. The molecule has 4 aliphatic carbocycles. The number of benzene rings is 6. The van der Waals surface area contributed by atoms with Gasteiger partial charge < -0.3 is 87.3 Å². The average Bonchev–Trinajstić information content (AvgIpc) is 0.859. The topological polar surface area (TPSA) is 509 Å². The molecule has 6 atom stereocenters. The zero-order chi connectivity index (χ0) is 92.9. The fourth-order valence-electron chi connectivity index (χ4n) is 15.2. The SMILES string of the molecule is C1CCOC1.C[C@@H]1CC(=O)[C@@H](N(C)C(=O)[C@H](CNS(N)(=O)=O)CC(=O)c2cnn(-c3ccc(OC4CCCCC4)cc3)c(=O)c2)c2cc(OC[C@H](O)CN)c(O)c(c2)-c2cc(ccc2OC[C@H](O)CN)C[C@@H](C(=O)O)NC1=O.O=C(O)c1cnn(-c2ccc(OC3CCCCC3)cc2)c(=O)c1.OC1CCCCC1.Oc1ccc(Br)cc1.[Be+2].[H-].[c-]1ccc(OC2CCCCC2)cc1. The molecule has 2 aliphatic heterocycles. The van der Waals surface area contributed by atoms with Gasteiger partial charge in [-0.05, 0) is 211 Å². The maximum Gasteiger partial charge on any atom is 2.00 e. The number of aromatic nitrogens is 4. The first-order valence-electron chi connectivity index (χ1n) is 43.9. The van der Waals surface area contributed by atoms with E-state index in [1.54, 1.807) is 60.7 Å². The van der Waals surface area contributed by atoms with E-state index in [4.69, 9.17) is 60.3 Å². The van der Waals surface area contributed by atoms with Crippen molar-refractivity contribution in [2.75, 3.05) is 53.1 Å². The number of aromatic hydroxyl groups is 2. The molecule has 36 heteroatoms. The third kappa shape index (κ3) is 34.2. The Morgan fingerprint density at radius 3 is 1.54 bits per heavy atom. The molecule has 2 amide bonds. The monoisotopic (exact) mass is 1880 g/mol. The van der Waals surface area contributed by atoms with Crippen LogP contribution in [0.2, 0.25) is 0 Å². The van der Waals surface area contributed by atoms with E-state index in [1.165, 1.54) is 128 Å². The Labute approximate surface area is 770 Å². The number of aliphatic hydroxyl groups excluding tert-OH is 3. The molecule has 0 radical (unpaired) electrons. The number of amides is 2. The van der Waals surface area contributed by atoms with Crippen LogP contribution in [-0.2, 0) is 40.5 Å². The number of phenolic OH excluding ortho intramolecular Hbond substituents is 2. The van der Waals surface area contributed by atoms with Crippen LogP contribution in [0.3, 0.4) is 0 Å². The number of aliphatic hydroxyl groups is 3. The van der Waals surface area contributed by atoms with Crippen LogP contribution in [0.4, 0.5) is 0 Å². The number of rotatable bonds is 26. The van der Waals surface area contributed by atoms with Crippen molar-refractivity contribution < 1.29 is 103 Å². The first kappa shape index (κ1) is 105. The normalized spacial score (nSPS) is 18.0. The minimum atomic E-state index is -4.51. The van der Waals surface area contributed by atoms with E-state index >= 15 is 0 Å². The molecule has 130 heavy (non-hydrogen) atoms. The number of hydrogen-bond donors (Lipinski definition) is 12. The molecular weight excluding hydrogens is 1760 g/mol. The summed E-state index contributed by atoms with van der Waals surface area (Å²) in [4.78, 5) is 107. The van der Waals surface area contributed by atoms with Crippen LogP contribution >= 0.6 is 15.9 Å². The molecule has 8 aromatic rings. The molecule has 0 spiro atoms. The van der Waals surface area contributed by atoms with Crippen molar-refractivity contribution >= 4 is 71.6 Å². The predicted octanol–water partition coefficient (Wildman–Crippen LogP) is 10.5. The summed E-state index contributed by atoms with van der Waals surface area (Å²) in [5, 5.41) is 85.1. The molecule has 0 unspecified atom stereocenters. The van der Waals surface area contributed by atoms with Gasteiger partial charge in [-0.1, -0.05) is 67.4 Å². The number of nitrogens with one attached hydrogen (secondary N) is 2. The number of phenols is 2. The number of fused-ring (bicyclic) bond motifs is 5. The van der Waals surface area contributed by atoms with Gasteiger partial charge in [0.15, 0.2) is 23.1 Å². The summed E-state index contributed by atoms with van der Waals surface area (Å²) in [6.45, 7) is 1.32. The van der Waals surface area contributed by atoms with Gasteiger partial charge in [0.05, 0.1) is 59.7 Å². The van der Waals surface area contributed by atoms with Crippen LogP contribution in [0.25, 0.3) is 22.5 Å². The molecule has 33 nitrogen and oxygen atoms in total. The number of aromatic carboxylic acids is 1. The maximum absolute atomic E-state index is 14.9. The van der Waals surface area contributed by atoms with Gasteiger partial charge in [-0.15, -0.1) is 12.1 Å². The molecule has 14 rings (SSSR count). The van der Waals surface area contributed by atoms with Crippen LogP contribution in [0.5, 0.6) is 40.2 Å². The zero-order valence-electron chi connectivity index (χ0n) is 74.5. The second kappa shape index (κ2) is 53.5. The van der Waals surface area contributed by atoms with Crippen molar-refractivity contribution in [3.05, 3.63) is 205 Å². The summed E-state index contributed by atoms with van der Waals surface area (Å²) in [7, 11) is -3.33. The van der Waals surface area contributed by atoms with Crippen LogP contribution in [0.15, 0.2) is 166 Å². The van der Waals surface area contributed by atoms with Crippen LogP contribution in [0, 0.1) is 17.9 Å². The number of likely N-dealkylation sites (N-methyl/N-ethyl adjacent to an activating group) is 1. The average molecular weight is 1880 g/mol. The second-order valence-corrected chi connectivity index (χ2v) is 34.9. The smallest absolute Gasteiger partial charge is 1.00 e. The van der Waals surface area contributed by atoms with E-state index in [9.17, 15) is 67.2 Å². The minimum absolute atomic E-state index is 0. The second-order valence-electron chi connectivity index (χ2n) is 32.6. The van der Waals surface area contributed by atoms with Gasteiger partial charge >= 0.3 is 22.1 Å². The third-order valence-corrected chi connectivity index (χ3v) is 23.4. The fourth-order valence-corrected chi connectivity index (χ4v) is 15.9. The molecule has 700 valence electrons. The number of halogens is 1. The number of ether oxygens (including phenoxy) is 6. The van der Waals surface area contributed by atoms with Crippen LogP contribution in [0.1, 0.15) is 200 Å². The summed E-state index contributed by atoms with van der Waals surface area (Å²) in [6, 6.07) is 37.1. The fraction of sp³-hybridized carbons (Fsp3) is 0.468. The minimum Gasteiger partial charge on any atom is -1.00 e. The molecule has 6 aliphatic rings. The van der Waals surface area contributed by atoms with E-state index < -0.39 is 125 Å². The van der Waals surface area contributed by atoms with E-state index in [1.807, 2.05) is 41.1 Å². The predicted molar refractivity (Wildman–Crippen MR) is 492 cm³/mol. The Morgan fingerprint density at radius 2 is 1.10 bits per heavy atom. The largest absolute Gasteiger partial charge is 2.00 e. The quantitative estimate of drug-likeness (QED) is 0.0136. The van der Waals surface area contributed by atoms with Crippen molar-refractivity contribution in [3.63, 3.8) is 0 Å². The standard InChI is InChI=1S/C49H62N8O15S.C17H18N2O4.C12H15O.C6H5BrO.C6H12O.C4H8O.Be.H/c1-27-14-41(61)45(29-17-38(46(63)43(19-29)71-26-34(59)22-51)37-15-28(16-39(49(66)67)55-47(27)64)8-13-42(37)70-25-33(58)21-50)56(2)48(65)31(24-54-73(52,68)69)18-40(60)30-20-44(62)57(53-23-30)32-9-11-36(12-10-32)72-35-6-4-3-5-7-35;20-16-10-12(17(21)22)11-18-19(16)13-6-8-15(9-7-13)23-14-4-2-1-3-5-14;1-3-7-11(8-4-1)13-12-9-5-2-6-10-12;7-5-1-3-6(8)4-2-5;7-6-4-2-1-3-5-6;1-2-4-5-3-1;;/h8-13,15,17,19-20,23,27,31,33-35,39,45,54,58-59,63H,3-7,14,16,18,21-22,24-26,50-51H2,1-2H3,(H,55,64)(H,66,67)(H2,52,68,69);6-11,14H,1-5H2,(H,21,22);5-6,9-11H,1,3-4,7-8H2;1-4,8H;6-7H,1-5H2;1-4H2;;/q;;-1;;;;+2;-1/t27-,31+,33-,34-,39+,45+;;;;;;;/m1......./s1. The molecule has 4 saturated carbocycles. The molecule has 6 aromatic carbocycles. The molecule has 1 saturated heterocycles. The Bertz CT molecular complexity index is 5130. The summed E-state index contributed by atoms with van der Waals surface area (Å²) < 4.78 is 64.3. The van der Waals surface area contributed by atoms with Crippen molar-refractivity contribution in [3.8, 4) is 62.7 Å². The Morgan fingerprint density at radius 1 is 0.623 bits per heavy atom. The first-order valence-corrected chi connectivity index (χ1v) is 46.2. The van der Waals surface area contributed by atoms with E-state index in [0.717, 1.165) is 126 Å². The van der Waals surface area contributed by atoms with Crippen molar-refractivity contribution in [1.82, 2.24) is 34.5 Å².